The molecule has 5 rings (SSSR count). The third kappa shape index (κ3) is 4.50. The number of carbonyl (C=O) groups is 2. The van der Waals surface area contributed by atoms with Crippen molar-refractivity contribution in [3.8, 4) is 0 Å². The number of fused-ring (bicyclic) bond motifs is 1. The first kappa shape index (κ1) is 27.6. The van der Waals surface area contributed by atoms with Crippen LogP contribution < -0.4 is 5.32 Å². The van der Waals surface area contributed by atoms with E-state index in [1.807, 2.05) is 69.5 Å². The number of Topliss-reactive ketones (excluding diaryl/α,β-unsaturated/α-hetero) is 1. The molecule has 5 N–H and O–H groups in total. The minimum atomic E-state index is -1.50. The van der Waals surface area contributed by atoms with E-state index in [1.54, 1.807) is 6.92 Å². The van der Waals surface area contributed by atoms with Gasteiger partial charge in [-0.05, 0) is 68.7 Å². The summed E-state index contributed by atoms with van der Waals surface area (Å²) >= 11 is 0. The molecule has 2 aromatic rings. The van der Waals surface area contributed by atoms with Crippen LogP contribution >= 0.6 is 0 Å². The fourth-order valence-electron chi connectivity index (χ4n) is 7.28. The Morgan fingerprint density at radius 2 is 1.77 bits per heavy atom. The highest BCUT2D eigenvalue weighted by atomic mass is 16.3. The average molecular weight is 533 g/mol. The maximum Gasteiger partial charge on any atom is 0.235 e. The van der Waals surface area contributed by atoms with Gasteiger partial charge in [0, 0.05) is 41.4 Å². The largest absolute Gasteiger partial charge is 0.390 e. The first-order valence-corrected chi connectivity index (χ1v) is 14.0. The number of amides is 1. The predicted octanol–water partition coefficient (Wildman–Crippen LogP) is 3.75. The van der Waals surface area contributed by atoms with E-state index in [0.717, 1.165) is 27.6 Å². The van der Waals surface area contributed by atoms with Gasteiger partial charge in [-0.25, -0.2) is 0 Å². The van der Waals surface area contributed by atoms with Crippen LogP contribution in [0.3, 0.4) is 0 Å². The molecule has 39 heavy (non-hydrogen) atoms. The predicted molar refractivity (Wildman–Crippen MR) is 151 cm³/mol. The van der Waals surface area contributed by atoms with Crippen LogP contribution in [0.25, 0.3) is 10.9 Å². The number of rotatable bonds is 2. The van der Waals surface area contributed by atoms with Crippen molar-refractivity contribution in [3.63, 3.8) is 0 Å². The Hall–Kier alpha value is -3.00. The van der Waals surface area contributed by atoms with Crippen LogP contribution in [-0.2, 0) is 16.0 Å². The minimum absolute atomic E-state index is 0.0305. The molecule has 1 aliphatic heterocycles. The Bertz CT molecular complexity index is 1370. The Kier molecular flexibility index (Phi) is 7.44. The summed E-state index contributed by atoms with van der Waals surface area (Å²) in [5, 5.41) is 37.2. The second kappa shape index (κ2) is 10.5. The zero-order valence-corrected chi connectivity index (χ0v) is 23.1. The van der Waals surface area contributed by atoms with Gasteiger partial charge < -0.3 is 25.6 Å². The molecular formula is C32H40N2O5. The number of benzene rings is 1. The van der Waals surface area contributed by atoms with Crippen LogP contribution in [0, 0.1) is 23.2 Å². The van der Waals surface area contributed by atoms with E-state index in [-0.39, 0.29) is 36.5 Å². The maximum atomic E-state index is 14.3. The van der Waals surface area contributed by atoms with Crippen molar-refractivity contribution >= 4 is 22.6 Å². The van der Waals surface area contributed by atoms with Crippen LogP contribution in [0.1, 0.15) is 52.5 Å². The zero-order chi connectivity index (χ0) is 28.1. The van der Waals surface area contributed by atoms with Crippen LogP contribution in [-0.4, -0.2) is 56.3 Å². The SMILES string of the molecule is CC1=C(C)C2C(Cc3c[nH]c4ccccc34)NC(=O)C23C(=O)CCC(O)C(O)/C(C)=C\C(C)C/C=C/C3C1O. The second-order valence-corrected chi connectivity index (χ2v) is 11.9. The number of aromatic nitrogens is 1. The highest BCUT2D eigenvalue weighted by molar-refractivity contribution is 6.09. The summed E-state index contributed by atoms with van der Waals surface area (Å²) in [5.74, 6) is -1.78. The fraction of sp³-hybridized carbons (Fsp3) is 0.500. The highest BCUT2D eigenvalue weighted by Gasteiger charge is 2.66. The molecular weight excluding hydrogens is 492 g/mol. The summed E-state index contributed by atoms with van der Waals surface area (Å²) in [7, 11) is 0. The first-order chi connectivity index (χ1) is 18.6. The lowest BCUT2D eigenvalue weighted by Crippen LogP contribution is -2.55. The molecule has 2 heterocycles. The standard InChI is InChI=1S/C32H40N2O5/c1-17-8-7-10-23-30(38)20(4)19(3)28-25(15-21-16-33-24-11-6-5-9-22(21)24)34-31(39)32(23,28)27(36)13-12-26(35)29(37)18(2)14-17/h5-7,9-11,14,16-17,23,25-26,28-30,33,35,37-38H,8,12-13,15H2,1-4H3,(H,34,39)/b10-7+,18-14-. The molecule has 0 saturated carbocycles. The number of H-pyrrole nitrogens is 1. The van der Waals surface area contributed by atoms with E-state index in [4.69, 9.17) is 0 Å². The monoisotopic (exact) mass is 532 g/mol. The summed E-state index contributed by atoms with van der Waals surface area (Å²) in [6.07, 6.45) is 5.62. The fourth-order valence-corrected chi connectivity index (χ4v) is 7.28. The maximum absolute atomic E-state index is 14.3. The summed E-state index contributed by atoms with van der Waals surface area (Å²) in [6, 6.07) is 7.67. The molecule has 208 valence electrons. The number of ketones is 1. The Labute approximate surface area is 229 Å². The number of carbonyl (C=O) groups excluding carboxylic acids is 2. The molecule has 2 aliphatic carbocycles. The van der Waals surface area contributed by atoms with E-state index in [9.17, 15) is 24.9 Å². The lowest BCUT2D eigenvalue weighted by atomic mass is 9.54. The molecule has 1 aromatic heterocycles. The Morgan fingerprint density at radius 1 is 1.03 bits per heavy atom. The van der Waals surface area contributed by atoms with Crippen molar-refractivity contribution in [2.75, 3.05) is 0 Å². The third-order valence-electron chi connectivity index (χ3n) is 9.46. The van der Waals surface area contributed by atoms with Crippen molar-refractivity contribution in [3.05, 3.63) is 71.0 Å². The van der Waals surface area contributed by atoms with Gasteiger partial charge in [-0.3, -0.25) is 9.59 Å². The lowest BCUT2D eigenvalue weighted by molar-refractivity contribution is -0.148. The molecule has 1 aromatic carbocycles. The molecule has 1 amide bonds. The van der Waals surface area contributed by atoms with Gasteiger partial charge in [0.05, 0.1) is 12.2 Å². The van der Waals surface area contributed by atoms with Crippen LogP contribution in [0.5, 0.6) is 0 Å². The van der Waals surface area contributed by atoms with Gasteiger partial charge in [-0.1, -0.05) is 48.9 Å². The van der Waals surface area contributed by atoms with Crippen molar-refractivity contribution in [1.82, 2.24) is 10.3 Å². The zero-order valence-electron chi connectivity index (χ0n) is 23.1. The molecule has 7 heteroatoms. The van der Waals surface area contributed by atoms with Gasteiger partial charge in [0.1, 0.15) is 17.3 Å². The highest BCUT2D eigenvalue weighted by Crippen LogP contribution is 2.55. The molecule has 1 fully saturated rings. The molecule has 7 nitrogen and oxygen atoms in total. The number of aliphatic hydroxyl groups excluding tert-OH is 3. The van der Waals surface area contributed by atoms with Gasteiger partial charge in [0.25, 0.3) is 0 Å². The molecule has 1 spiro atoms. The molecule has 3 aliphatic rings. The number of aromatic amines is 1. The third-order valence-corrected chi connectivity index (χ3v) is 9.46. The number of hydrogen-bond donors (Lipinski definition) is 5. The average Bonchev–Trinajstić information content (AvgIpc) is 3.45. The number of hydrogen-bond acceptors (Lipinski definition) is 5. The second-order valence-electron chi connectivity index (χ2n) is 11.9. The van der Waals surface area contributed by atoms with Gasteiger partial charge in [-0.2, -0.15) is 0 Å². The van der Waals surface area contributed by atoms with Crippen molar-refractivity contribution < 1.29 is 24.9 Å². The van der Waals surface area contributed by atoms with E-state index < -0.39 is 35.6 Å². The van der Waals surface area contributed by atoms with Crippen molar-refractivity contribution in [2.45, 2.75) is 77.7 Å². The van der Waals surface area contributed by atoms with Crippen LogP contribution in [0.4, 0.5) is 0 Å². The molecule has 8 unspecified atom stereocenters. The summed E-state index contributed by atoms with van der Waals surface area (Å²) in [6.45, 7) is 7.62. The van der Waals surface area contributed by atoms with Crippen LogP contribution in [0.2, 0.25) is 0 Å². The van der Waals surface area contributed by atoms with Gasteiger partial charge >= 0.3 is 0 Å². The van der Waals surface area contributed by atoms with Gasteiger partial charge in [0.2, 0.25) is 5.91 Å². The van der Waals surface area contributed by atoms with Crippen LogP contribution in [0.15, 0.2) is 65.4 Å². The Morgan fingerprint density at radius 3 is 2.54 bits per heavy atom. The summed E-state index contributed by atoms with van der Waals surface area (Å²) < 4.78 is 0. The van der Waals surface area contributed by atoms with Crippen molar-refractivity contribution in [1.29, 1.82) is 0 Å². The van der Waals surface area contributed by atoms with Crippen molar-refractivity contribution in [2.24, 2.45) is 23.2 Å². The smallest absolute Gasteiger partial charge is 0.235 e. The van der Waals surface area contributed by atoms with Gasteiger partial charge in [0.15, 0.2) is 0 Å². The lowest BCUT2D eigenvalue weighted by Gasteiger charge is -2.46. The summed E-state index contributed by atoms with van der Waals surface area (Å²) in [5.41, 5.74) is 2.89. The number of para-hydroxylation sites is 1. The normalized spacial score (nSPS) is 38.1. The van der Waals surface area contributed by atoms with E-state index >= 15 is 0 Å². The van der Waals surface area contributed by atoms with E-state index in [1.165, 1.54) is 0 Å². The molecule has 1 saturated heterocycles. The van der Waals surface area contributed by atoms with E-state index in [2.05, 4.69) is 10.3 Å². The minimum Gasteiger partial charge on any atom is -0.390 e. The van der Waals surface area contributed by atoms with E-state index in [0.29, 0.717) is 18.4 Å². The molecule has 0 bridgehead atoms. The van der Waals surface area contributed by atoms with Gasteiger partial charge in [-0.15, -0.1) is 0 Å². The topological polar surface area (TPSA) is 123 Å². The Balaban J connectivity index is 1.61. The first-order valence-electron chi connectivity index (χ1n) is 14.0. The quantitative estimate of drug-likeness (QED) is 0.298. The summed E-state index contributed by atoms with van der Waals surface area (Å²) in [4.78, 5) is 31.7. The number of nitrogens with one attached hydrogen (secondary N) is 2. The molecule has 8 atom stereocenters. The number of aliphatic hydroxyl groups is 3. The molecule has 0 radical (unpaired) electrons. The number of allylic oxidation sites excluding steroid dienone is 2.